The van der Waals surface area contributed by atoms with Gasteiger partial charge in [-0.3, -0.25) is 9.30 Å². The molecule has 1 fully saturated rings. The molecule has 0 atom stereocenters. The van der Waals surface area contributed by atoms with Crippen molar-refractivity contribution in [1.29, 1.82) is 0 Å². The van der Waals surface area contributed by atoms with Crippen molar-refractivity contribution in [2.24, 2.45) is 0 Å². The lowest BCUT2D eigenvalue weighted by molar-refractivity contribution is 0.239. The van der Waals surface area contributed by atoms with Crippen molar-refractivity contribution in [2.75, 3.05) is 26.2 Å². The third-order valence-corrected chi connectivity index (χ3v) is 4.07. The maximum Gasteiger partial charge on any atom is 0.167 e. The van der Waals surface area contributed by atoms with Crippen molar-refractivity contribution in [1.82, 2.24) is 19.3 Å². The van der Waals surface area contributed by atoms with E-state index in [1.807, 2.05) is 35.0 Å². The van der Waals surface area contributed by atoms with Gasteiger partial charge in [0.25, 0.3) is 0 Å². The van der Waals surface area contributed by atoms with Gasteiger partial charge < -0.3 is 4.74 Å². The molecular formula is C16H18N4O. The van der Waals surface area contributed by atoms with E-state index in [1.165, 1.54) is 25.9 Å². The Balaban J connectivity index is 1.59. The van der Waals surface area contributed by atoms with Crippen molar-refractivity contribution < 1.29 is 4.74 Å². The Kier molecular flexibility index (Phi) is 3.20. The van der Waals surface area contributed by atoms with Crippen LogP contribution in [0.15, 0.2) is 36.8 Å². The van der Waals surface area contributed by atoms with Crippen molar-refractivity contribution in [3.05, 3.63) is 36.8 Å². The highest BCUT2D eigenvalue weighted by atomic mass is 16.5. The van der Waals surface area contributed by atoms with Gasteiger partial charge in [0.15, 0.2) is 5.65 Å². The quantitative estimate of drug-likeness (QED) is 0.737. The average Bonchev–Trinajstić information content (AvgIpc) is 3.18. The minimum absolute atomic E-state index is 0.699. The van der Waals surface area contributed by atoms with E-state index in [1.54, 1.807) is 6.20 Å². The summed E-state index contributed by atoms with van der Waals surface area (Å²) < 4.78 is 7.99. The molecule has 0 radical (unpaired) electrons. The fraction of sp³-hybridized carbons (Fsp3) is 0.375. The van der Waals surface area contributed by atoms with E-state index < -0.39 is 0 Å². The van der Waals surface area contributed by atoms with Gasteiger partial charge in [-0.15, -0.1) is 0 Å². The van der Waals surface area contributed by atoms with Crippen molar-refractivity contribution >= 4 is 16.7 Å². The number of ether oxygens (including phenoxy) is 1. The molecule has 3 aromatic rings. The van der Waals surface area contributed by atoms with E-state index in [2.05, 4.69) is 14.9 Å². The van der Waals surface area contributed by atoms with Gasteiger partial charge in [0, 0.05) is 25.0 Å². The summed E-state index contributed by atoms with van der Waals surface area (Å²) in [6.45, 7) is 4.07. The van der Waals surface area contributed by atoms with Crippen LogP contribution in [0.3, 0.4) is 0 Å². The predicted octanol–water partition coefficient (Wildman–Crippen LogP) is 2.36. The first kappa shape index (κ1) is 12.6. The standard InChI is InChI=1S/C16H18N4O/c1-2-8-19(7-1)10-11-21-14-5-6-17-16-15(14)18-12-13-4-3-9-20(13)16/h3-6,9,12H,1-2,7-8,10-11H2. The third-order valence-electron chi connectivity index (χ3n) is 4.07. The van der Waals surface area contributed by atoms with Gasteiger partial charge in [0.1, 0.15) is 17.9 Å². The van der Waals surface area contributed by atoms with Crippen LogP contribution in [0.25, 0.3) is 16.7 Å². The Hall–Kier alpha value is -2.14. The largest absolute Gasteiger partial charge is 0.490 e. The summed E-state index contributed by atoms with van der Waals surface area (Å²) in [7, 11) is 0. The lowest BCUT2D eigenvalue weighted by atomic mass is 10.3. The highest BCUT2D eigenvalue weighted by Gasteiger charge is 2.12. The van der Waals surface area contributed by atoms with E-state index in [-0.39, 0.29) is 0 Å². The van der Waals surface area contributed by atoms with E-state index in [4.69, 9.17) is 4.74 Å². The zero-order valence-electron chi connectivity index (χ0n) is 11.9. The van der Waals surface area contributed by atoms with Crippen LogP contribution >= 0.6 is 0 Å². The summed E-state index contributed by atoms with van der Waals surface area (Å²) in [5, 5.41) is 0. The predicted molar refractivity (Wildman–Crippen MR) is 81.7 cm³/mol. The SMILES string of the molecule is c1cc2cnc3c(OCCN4CCCC4)ccnc3n2c1. The number of hydrogen-bond acceptors (Lipinski definition) is 4. The molecule has 1 saturated heterocycles. The van der Waals surface area contributed by atoms with E-state index in [0.29, 0.717) is 6.61 Å². The van der Waals surface area contributed by atoms with E-state index in [9.17, 15) is 0 Å². The number of likely N-dealkylation sites (tertiary alicyclic amines) is 1. The second kappa shape index (κ2) is 5.33. The first-order chi connectivity index (χ1) is 10.4. The van der Waals surface area contributed by atoms with Crippen LogP contribution in [0.2, 0.25) is 0 Å². The molecule has 4 rings (SSSR count). The molecule has 0 amide bonds. The zero-order chi connectivity index (χ0) is 14.1. The third kappa shape index (κ3) is 2.34. The van der Waals surface area contributed by atoms with Crippen LogP contribution in [0.4, 0.5) is 0 Å². The van der Waals surface area contributed by atoms with Crippen LogP contribution in [0.5, 0.6) is 5.75 Å². The van der Waals surface area contributed by atoms with Gasteiger partial charge in [0.05, 0.1) is 11.7 Å². The highest BCUT2D eigenvalue weighted by molar-refractivity contribution is 5.80. The minimum atomic E-state index is 0.699. The Morgan fingerprint density at radius 3 is 2.95 bits per heavy atom. The van der Waals surface area contributed by atoms with Gasteiger partial charge in [-0.1, -0.05) is 0 Å². The molecule has 0 unspecified atom stereocenters. The molecule has 1 aliphatic rings. The number of aromatic nitrogens is 3. The van der Waals surface area contributed by atoms with Crippen LogP contribution in [-0.4, -0.2) is 45.5 Å². The lowest BCUT2D eigenvalue weighted by Gasteiger charge is -2.15. The zero-order valence-corrected chi connectivity index (χ0v) is 11.9. The summed E-state index contributed by atoms with van der Waals surface area (Å²) in [5.74, 6) is 0.815. The molecule has 5 nitrogen and oxygen atoms in total. The molecule has 0 bridgehead atoms. The molecular weight excluding hydrogens is 264 g/mol. The number of rotatable bonds is 4. The van der Waals surface area contributed by atoms with Gasteiger partial charge in [0.2, 0.25) is 0 Å². The minimum Gasteiger partial charge on any atom is -0.490 e. The molecule has 21 heavy (non-hydrogen) atoms. The smallest absolute Gasteiger partial charge is 0.167 e. The monoisotopic (exact) mass is 282 g/mol. The summed E-state index contributed by atoms with van der Waals surface area (Å²) in [6.07, 6.45) is 8.27. The summed E-state index contributed by atoms with van der Waals surface area (Å²) in [5.41, 5.74) is 2.71. The fourth-order valence-corrected chi connectivity index (χ4v) is 2.95. The Morgan fingerprint density at radius 1 is 1.14 bits per heavy atom. The maximum absolute atomic E-state index is 5.95. The van der Waals surface area contributed by atoms with Crippen LogP contribution in [0, 0.1) is 0 Å². The molecule has 0 aliphatic carbocycles. The van der Waals surface area contributed by atoms with E-state index in [0.717, 1.165) is 29.0 Å². The van der Waals surface area contributed by atoms with Crippen LogP contribution in [-0.2, 0) is 0 Å². The molecule has 0 aromatic carbocycles. The van der Waals surface area contributed by atoms with Gasteiger partial charge >= 0.3 is 0 Å². The van der Waals surface area contributed by atoms with Gasteiger partial charge in [-0.25, -0.2) is 9.97 Å². The number of hydrogen-bond donors (Lipinski definition) is 0. The molecule has 5 heteroatoms. The topological polar surface area (TPSA) is 42.7 Å². The number of nitrogens with zero attached hydrogens (tertiary/aromatic N) is 4. The maximum atomic E-state index is 5.95. The molecule has 4 heterocycles. The fourth-order valence-electron chi connectivity index (χ4n) is 2.95. The normalized spacial score (nSPS) is 16.0. The second-order valence-corrected chi connectivity index (χ2v) is 5.44. The summed E-state index contributed by atoms with van der Waals surface area (Å²) in [6, 6.07) is 5.92. The van der Waals surface area contributed by atoms with Crippen molar-refractivity contribution in [3.8, 4) is 5.75 Å². The molecule has 3 aromatic heterocycles. The van der Waals surface area contributed by atoms with E-state index >= 15 is 0 Å². The van der Waals surface area contributed by atoms with Crippen LogP contribution < -0.4 is 4.74 Å². The Morgan fingerprint density at radius 2 is 2.05 bits per heavy atom. The van der Waals surface area contributed by atoms with Gasteiger partial charge in [-0.2, -0.15) is 0 Å². The first-order valence-corrected chi connectivity index (χ1v) is 7.48. The van der Waals surface area contributed by atoms with Crippen molar-refractivity contribution in [3.63, 3.8) is 0 Å². The highest BCUT2D eigenvalue weighted by Crippen LogP contribution is 2.22. The summed E-state index contributed by atoms with van der Waals surface area (Å²) >= 11 is 0. The Bertz CT molecular complexity index is 761. The number of pyridine rings is 1. The molecule has 0 spiro atoms. The molecule has 1 aliphatic heterocycles. The molecule has 0 saturated carbocycles. The Labute approximate surface area is 123 Å². The number of fused-ring (bicyclic) bond motifs is 3. The van der Waals surface area contributed by atoms with Crippen LogP contribution in [0.1, 0.15) is 12.8 Å². The molecule has 108 valence electrons. The van der Waals surface area contributed by atoms with Crippen molar-refractivity contribution in [2.45, 2.75) is 12.8 Å². The van der Waals surface area contributed by atoms with Gasteiger partial charge in [-0.05, 0) is 38.1 Å². The summed E-state index contributed by atoms with van der Waals surface area (Å²) in [4.78, 5) is 11.4. The first-order valence-electron chi connectivity index (χ1n) is 7.48. The molecule has 0 N–H and O–H groups in total. The lowest BCUT2D eigenvalue weighted by Crippen LogP contribution is -2.25. The average molecular weight is 282 g/mol. The second-order valence-electron chi connectivity index (χ2n) is 5.44.